The number of rotatable bonds is 4. The highest BCUT2D eigenvalue weighted by molar-refractivity contribution is 6.00. The molecule has 8 atom stereocenters. The third kappa shape index (κ3) is 3.94. The molecular weight excluding hydrogens is 488 g/mol. The monoisotopic (exact) mass is 540 g/mol. The lowest BCUT2D eigenvalue weighted by molar-refractivity contribution is -0.233. The number of Topliss-reactive ketones (excluding diaryl/α,β-unsaturated/α-hetero) is 1. The number of hydrogen-bond acceptors (Lipinski definition) is 5. The molecule has 39 heavy (non-hydrogen) atoms. The summed E-state index contributed by atoms with van der Waals surface area (Å²) < 4.78 is 11.6. The Hall–Kier alpha value is -1.65. The van der Waals surface area contributed by atoms with Gasteiger partial charge in [0.2, 0.25) is 0 Å². The van der Waals surface area contributed by atoms with Crippen molar-refractivity contribution < 1.29 is 23.9 Å². The van der Waals surface area contributed by atoms with Crippen molar-refractivity contribution in [1.82, 2.24) is 0 Å². The molecule has 0 bridgehead atoms. The summed E-state index contributed by atoms with van der Waals surface area (Å²) in [5, 5.41) is 0. The number of carbonyl (C=O) groups excluding carboxylic acids is 3. The second-order valence-corrected chi connectivity index (χ2v) is 15.7. The first-order valence-electron chi connectivity index (χ1n) is 15.6. The molecular formula is C34H52O5. The number of esters is 2. The van der Waals surface area contributed by atoms with E-state index in [-0.39, 0.29) is 56.8 Å². The van der Waals surface area contributed by atoms with Crippen LogP contribution in [0, 0.1) is 50.7 Å². The summed E-state index contributed by atoms with van der Waals surface area (Å²) in [7, 11) is 0. The molecule has 4 saturated carbocycles. The highest BCUT2D eigenvalue weighted by Crippen LogP contribution is 2.76. The van der Waals surface area contributed by atoms with E-state index in [1.807, 2.05) is 0 Å². The fourth-order valence-corrected chi connectivity index (χ4v) is 11.5. The van der Waals surface area contributed by atoms with Gasteiger partial charge in [0, 0.05) is 31.1 Å². The molecule has 5 heteroatoms. The third-order valence-corrected chi connectivity index (χ3v) is 13.4. The topological polar surface area (TPSA) is 69.7 Å². The molecule has 0 aliphatic heterocycles. The predicted octanol–water partition coefficient (Wildman–Crippen LogP) is 7.46. The number of carbonyl (C=O) groups is 3. The molecule has 0 aromatic heterocycles. The lowest BCUT2D eigenvalue weighted by atomic mass is 9.33. The average Bonchev–Trinajstić information content (AvgIpc) is 3.12. The summed E-state index contributed by atoms with van der Waals surface area (Å²) in [5.74, 6) is 1.53. The summed E-state index contributed by atoms with van der Waals surface area (Å²) in [6.45, 7) is 20.1. The maximum Gasteiger partial charge on any atom is 0.302 e. The van der Waals surface area contributed by atoms with Crippen LogP contribution >= 0.6 is 0 Å². The quantitative estimate of drug-likeness (QED) is 0.346. The molecule has 4 fully saturated rings. The minimum Gasteiger partial charge on any atom is -0.465 e. The van der Waals surface area contributed by atoms with Crippen molar-refractivity contribution in [2.24, 2.45) is 50.7 Å². The van der Waals surface area contributed by atoms with E-state index in [9.17, 15) is 14.4 Å². The number of allylic oxidation sites excluding steroid dienone is 1. The van der Waals surface area contributed by atoms with Crippen LogP contribution in [0.5, 0.6) is 0 Å². The van der Waals surface area contributed by atoms with Gasteiger partial charge in [0.1, 0.15) is 12.7 Å². The number of fused-ring (bicyclic) bond motifs is 7. The molecule has 0 saturated heterocycles. The Labute approximate surface area is 236 Å². The smallest absolute Gasteiger partial charge is 0.302 e. The highest BCUT2D eigenvalue weighted by atomic mass is 16.5. The van der Waals surface area contributed by atoms with E-state index in [1.165, 1.54) is 25.3 Å². The second-order valence-electron chi connectivity index (χ2n) is 15.7. The SMILES string of the molecule is CC(=O)OC[C@@]12CC[C@]3(C)[C@H](CC[C@@H]4[C@@]5(C)CC[C@H](OC(C)=O)C(C)(C)[C@@H]5CC[C@]43C)C1=C(C(C)C)C(=O)C2. The Bertz CT molecular complexity index is 1100. The Morgan fingerprint density at radius 2 is 1.54 bits per heavy atom. The Morgan fingerprint density at radius 3 is 2.15 bits per heavy atom. The fraction of sp³-hybridized carbons (Fsp3) is 0.853. The standard InChI is InChI=1S/C34H52O5/c1-20(2)28-24(37)18-34(19-38-21(3)35)17-16-32(8)23(29(28)34)10-11-26-31(7)14-13-27(39-22(4)36)30(5,6)25(31)12-15-33(26,32)9/h20,23,25-27H,10-19H2,1-9H3/t23-,25+,26-,27+,31+,32-,33-,34+/m1/s1. The molecule has 5 rings (SSSR count). The van der Waals surface area contributed by atoms with E-state index >= 15 is 0 Å². The minimum atomic E-state index is -0.319. The van der Waals surface area contributed by atoms with Gasteiger partial charge in [-0.05, 0) is 102 Å². The zero-order valence-corrected chi connectivity index (χ0v) is 26.0. The van der Waals surface area contributed by atoms with Gasteiger partial charge in [-0.2, -0.15) is 0 Å². The molecule has 5 aliphatic rings. The molecule has 0 amide bonds. The molecule has 0 spiro atoms. The van der Waals surface area contributed by atoms with Crippen LogP contribution in [-0.2, 0) is 23.9 Å². The second kappa shape index (κ2) is 9.18. The molecule has 0 unspecified atom stereocenters. The van der Waals surface area contributed by atoms with Crippen molar-refractivity contribution in [1.29, 1.82) is 0 Å². The summed E-state index contributed by atoms with van der Waals surface area (Å²) in [4.78, 5) is 37.4. The summed E-state index contributed by atoms with van der Waals surface area (Å²) >= 11 is 0. The largest absolute Gasteiger partial charge is 0.465 e. The van der Waals surface area contributed by atoms with Gasteiger partial charge in [-0.3, -0.25) is 14.4 Å². The zero-order chi connectivity index (χ0) is 28.8. The van der Waals surface area contributed by atoms with Gasteiger partial charge in [0.15, 0.2) is 5.78 Å². The number of ketones is 1. The Morgan fingerprint density at radius 1 is 0.846 bits per heavy atom. The molecule has 218 valence electrons. The van der Waals surface area contributed by atoms with Crippen molar-refractivity contribution in [3.63, 3.8) is 0 Å². The Balaban J connectivity index is 1.54. The first kappa shape index (κ1) is 28.9. The summed E-state index contributed by atoms with van der Waals surface area (Å²) in [6.07, 6.45) is 9.15. The fourth-order valence-electron chi connectivity index (χ4n) is 11.5. The average molecular weight is 541 g/mol. The molecule has 0 aromatic rings. The van der Waals surface area contributed by atoms with E-state index in [1.54, 1.807) is 6.92 Å². The van der Waals surface area contributed by atoms with Gasteiger partial charge in [-0.25, -0.2) is 0 Å². The first-order chi connectivity index (χ1) is 18.0. The summed E-state index contributed by atoms with van der Waals surface area (Å²) in [6, 6.07) is 0. The van der Waals surface area contributed by atoms with E-state index in [0.29, 0.717) is 30.8 Å². The van der Waals surface area contributed by atoms with Crippen LogP contribution in [0.15, 0.2) is 11.1 Å². The third-order valence-electron chi connectivity index (χ3n) is 13.4. The zero-order valence-electron chi connectivity index (χ0n) is 26.0. The predicted molar refractivity (Wildman–Crippen MR) is 152 cm³/mol. The van der Waals surface area contributed by atoms with Crippen LogP contribution in [-0.4, -0.2) is 30.4 Å². The van der Waals surface area contributed by atoms with Crippen LogP contribution in [0.2, 0.25) is 0 Å². The van der Waals surface area contributed by atoms with Crippen LogP contribution in [0.25, 0.3) is 0 Å². The Kier molecular flexibility index (Phi) is 6.79. The van der Waals surface area contributed by atoms with Crippen LogP contribution < -0.4 is 0 Å². The molecule has 0 heterocycles. The van der Waals surface area contributed by atoms with E-state index in [0.717, 1.165) is 44.1 Å². The molecule has 0 N–H and O–H groups in total. The van der Waals surface area contributed by atoms with Gasteiger partial charge in [0.05, 0.1) is 0 Å². The van der Waals surface area contributed by atoms with Crippen molar-refractivity contribution in [2.75, 3.05) is 6.61 Å². The molecule has 5 nitrogen and oxygen atoms in total. The maximum atomic E-state index is 13.6. The van der Waals surface area contributed by atoms with Crippen molar-refractivity contribution in [3.8, 4) is 0 Å². The summed E-state index contributed by atoms with van der Waals surface area (Å²) in [5.41, 5.74) is 2.51. The van der Waals surface area contributed by atoms with Crippen molar-refractivity contribution in [2.45, 2.75) is 126 Å². The van der Waals surface area contributed by atoms with Gasteiger partial charge in [-0.1, -0.05) is 48.5 Å². The molecule has 5 aliphatic carbocycles. The molecule has 0 radical (unpaired) electrons. The van der Waals surface area contributed by atoms with Crippen molar-refractivity contribution >= 4 is 17.7 Å². The van der Waals surface area contributed by atoms with E-state index in [2.05, 4.69) is 48.5 Å². The van der Waals surface area contributed by atoms with Gasteiger partial charge < -0.3 is 9.47 Å². The van der Waals surface area contributed by atoms with Gasteiger partial charge in [0.25, 0.3) is 0 Å². The minimum absolute atomic E-state index is 0.0100. The van der Waals surface area contributed by atoms with Crippen LogP contribution in [0.4, 0.5) is 0 Å². The molecule has 0 aromatic carbocycles. The van der Waals surface area contributed by atoms with E-state index in [4.69, 9.17) is 9.47 Å². The van der Waals surface area contributed by atoms with Crippen molar-refractivity contribution in [3.05, 3.63) is 11.1 Å². The first-order valence-corrected chi connectivity index (χ1v) is 15.6. The lowest BCUT2D eigenvalue weighted by Crippen LogP contribution is -2.66. The number of hydrogen-bond donors (Lipinski definition) is 0. The van der Waals surface area contributed by atoms with Gasteiger partial charge >= 0.3 is 11.9 Å². The lowest BCUT2D eigenvalue weighted by Gasteiger charge is -2.72. The normalized spacial score (nSPS) is 44.7. The van der Waals surface area contributed by atoms with Gasteiger partial charge in [-0.15, -0.1) is 0 Å². The maximum absolute atomic E-state index is 13.6. The van der Waals surface area contributed by atoms with Crippen LogP contribution in [0.3, 0.4) is 0 Å². The number of ether oxygens (including phenoxy) is 2. The highest BCUT2D eigenvalue weighted by Gasteiger charge is 2.70. The van der Waals surface area contributed by atoms with Crippen LogP contribution in [0.1, 0.15) is 120 Å². The van der Waals surface area contributed by atoms with E-state index < -0.39 is 0 Å².